The zero-order valence-electron chi connectivity index (χ0n) is 15.7. The Morgan fingerprint density at radius 1 is 1.19 bits per heavy atom. The van der Waals surface area contributed by atoms with Gasteiger partial charge in [0.2, 0.25) is 5.96 Å². The van der Waals surface area contributed by atoms with Gasteiger partial charge in [-0.2, -0.15) is 0 Å². The molecule has 0 radical (unpaired) electrons. The van der Waals surface area contributed by atoms with E-state index < -0.39 is 0 Å². The Morgan fingerprint density at radius 2 is 1.85 bits per heavy atom. The second kappa shape index (κ2) is 6.83. The molecule has 134 valence electrons. The standard InChI is InChI=1S/C21H22FN3O/c1-6-14(22)11-12(2)13(3)17-19-18(23-21(24-19)25(4)5)15-9-7-8-10-16(15)20(17)26/h6-11,13H,1-5H3/b12-11-,14-6+. The van der Waals surface area contributed by atoms with Gasteiger partial charge in [-0.05, 0) is 19.9 Å². The molecule has 0 saturated heterocycles. The van der Waals surface area contributed by atoms with E-state index in [1.54, 1.807) is 6.92 Å². The summed E-state index contributed by atoms with van der Waals surface area (Å²) in [4.78, 5) is 24.3. The fraction of sp³-hybridized carbons (Fsp3) is 0.286. The average Bonchev–Trinajstić information content (AvgIpc) is 3.07. The van der Waals surface area contributed by atoms with Crippen molar-refractivity contribution in [1.29, 1.82) is 0 Å². The van der Waals surface area contributed by atoms with Crippen molar-refractivity contribution in [3.63, 3.8) is 0 Å². The van der Waals surface area contributed by atoms with Crippen LogP contribution in [0.15, 0.2) is 69.1 Å². The minimum absolute atomic E-state index is 0.0700. The zero-order valence-corrected chi connectivity index (χ0v) is 15.7. The molecule has 1 aliphatic heterocycles. The number of benzene rings is 1. The van der Waals surface area contributed by atoms with Crippen LogP contribution in [0.4, 0.5) is 4.39 Å². The second-order valence-electron chi connectivity index (χ2n) is 6.69. The molecule has 1 aromatic rings. The van der Waals surface area contributed by atoms with Gasteiger partial charge in [0.15, 0.2) is 5.78 Å². The minimum Gasteiger partial charge on any atom is -0.347 e. The lowest BCUT2D eigenvalue weighted by Gasteiger charge is -2.23. The molecule has 1 heterocycles. The minimum atomic E-state index is -0.318. The van der Waals surface area contributed by atoms with E-state index in [1.165, 1.54) is 12.2 Å². The van der Waals surface area contributed by atoms with Crippen LogP contribution in [0.5, 0.6) is 0 Å². The molecular formula is C21H22FN3O. The Hall–Kier alpha value is -2.82. The predicted octanol–water partition coefficient (Wildman–Crippen LogP) is 4.31. The summed E-state index contributed by atoms with van der Waals surface area (Å²) in [5, 5.41) is 0. The fourth-order valence-corrected chi connectivity index (χ4v) is 3.10. The predicted molar refractivity (Wildman–Crippen MR) is 103 cm³/mol. The highest BCUT2D eigenvalue weighted by molar-refractivity contribution is 6.32. The molecule has 1 atom stereocenters. The molecule has 1 unspecified atom stereocenters. The molecule has 0 N–H and O–H groups in total. The van der Waals surface area contributed by atoms with E-state index in [9.17, 15) is 9.18 Å². The Morgan fingerprint density at radius 3 is 2.46 bits per heavy atom. The number of hydrogen-bond acceptors (Lipinski definition) is 4. The highest BCUT2D eigenvalue weighted by Gasteiger charge is 2.36. The molecule has 0 aromatic heterocycles. The molecule has 0 amide bonds. The van der Waals surface area contributed by atoms with Crippen molar-refractivity contribution in [2.24, 2.45) is 15.9 Å². The second-order valence-corrected chi connectivity index (χ2v) is 6.69. The van der Waals surface area contributed by atoms with Crippen molar-refractivity contribution < 1.29 is 9.18 Å². The van der Waals surface area contributed by atoms with Gasteiger partial charge in [0, 0.05) is 36.7 Å². The first-order valence-electron chi connectivity index (χ1n) is 8.58. The van der Waals surface area contributed by atoms with Crippen LogP contribution in [-0.2, 0) is 0 Å². The average molecular weight is 351 g/mol. The first kappa shape index (κ1) is 18.0. The number of allylic oxidation sites excluding steroid dienone is 6. The smallest absolute Gasteiger partial charge is 0.226 e. The summed E-state index contributed by atoms with van der Waals surface area (Å²) in [7, 11) is 3.73. The van der Waals surface area contributed by atoms with Gasteiger partial charge in [-0.15, -0.1) is 0 Å². The maximum atomic E-state index is 13.7. The number of fused-ring (bicyclic) bond motifs is 3. The van der Waals surface area contributed by atoms with Gasteiger partial charge in [0.25, 0.3) is 0 Å². The molecule has 0 bridgehead atoms. The normalized spacial score (nSPS) is 18.3. The van der Waals surface area contributed by atoms with Crippen LogP contribution in [0, 0.1) is 5.92 Å². The molecular weight excluding hydrogens is 329 g/mol. The topological polar surface area (TPSA) is 45.0 Å². The Labute approximate surface area is 153 Å². The molecule has 3 rings (SSSR count). The van der Waals surface area contributed by atoms with Crippen molar-refractivity contribution in [2.75, 3.05) is 14.1 Å². The number of carbonyl (C=O) groups excluding carboxylic acids is 1. The van der Waals surface area contributed by atoms with Crippen LogP contribution in [-0.4, -0.2) is 36.4 Å². The number of rotatable bonds is 3. The number of hydrogen-bond donors (Lipinski definition) is 0. The van der Waals surface area contributed by atoms with E-state index in [-0.39, 0.29) is 17.5 Å². The first-order chi connectivity index (χ1) is 12.3. The summed E-state index contributed by atoms with van der Waals surface area (Å²) in [6, 6.07) is 7.43. The van der Waals surface area contributed by atoms with Crippen LogP contribution in [0.3, 0.4) is 0 Å². The SMILES string of the molecule is C/C=C(F)\C=C(\C)C(C)C1=C2N=C(N(C)C)N=C2c2ccccc2C1=O. The molecule has 1 aliphatic carbocycles. The third kappa shape index (κ3) is 2.94. The van der Waals surface area contributed by atoms with Crippen molar-refractivity contribution in [2.45, 2.75) is 20.8 Å². The van der Waals surface area contributed by atoms with Gasteiger partial charge in [-0.25, -0.2) is 14.4 Å². The van der Waals surface area contributed by atoms with E-state index in [0.29, 0.717) is 28.5 Å². The summed E-state index contributed by atoms with van der Waals surface area (Å²) in [5.74, 6) is -0.0988. The van der Waals surface area contributed by atoms with E-state index in [0.717, 1.165) is 11.1 Å². The highest BCUT2D eigenvalue weighted by Crippen LogP contribution is 2.36. The lowest BCUT2D eigenvalue weighted by atomic mass is 9.79. The molecule has 5 heteroatoms. The highest BCUT2D eigenvalue weighted by atomic mass is 19.1. The van der Waals surface area contributed by atoms with Gasteiger partial charge in [0.05, 0.1) is 0 Å². The van der Waals surface area contributed by atoms with Gasteiger partial charge in [-0.3, -0.25) is 4.79 Å². The van der Waals surface area contributed by atoms with Crippen molar-refractivity contribution in [3.05, 3.63) is 70.2 Å². The largest absolute Gasteiger partial charge is 0.347 e. The lowest BCUT2D eigenvalue weighted by molar-refractivity contribution is 0.102. The van der Waals surface area contributed by atoms with E-state index in [2.05, 4.69) is 9.98 Å². The van der Waals surface area contributed by atoms with Crippen molar-refractivity contribution in [1.82, 2.24) is 4.90 Å². The lowest BCUT2D eigenvalue weighted by Crippen LogP contribution is -2.24. The zero-order chi connectivity index (χ0) is 19.0. The molecule has 0 spiro atoms. The van der Waals surface area contributed by atoms with Crippen molar-refractivity contribution in [3.8, 4) is 0 Å². The summed E-state index contributed by atoms with van der Waals surface area (Å²) in [6.07, 6.45) is 2.87. The van der Waals surface area contributed by atoms with Crippen LogP contribution >= 0.6 is 0 Å². The van der Waals surface area contributed by atoms with Gasteiger partial charge in [-0.1, -0.05) is 42.8 Å². The van der Waals surface area contributed by atoms with Gasteiger partial charge < -0.3 is 4.90 Å². The number of halogens is 1. The molecule has 0 saturated carbocycles. The maximum absolute atomic E-state index is 13.7. The first-order valence-corrected chi connectivity index (χ1v) is 8.58. The number of nitrogens with zero attached hydrogens (tertiary/aromatic N) is 3. The Kier molecular flexibility index (Phi) is 4.72. The molecule has 2 aliphatic rings. The maximum Gasteiger partial charge on any atom is 0.226 e. The molecule has 26 heavy (non-hydrogen) atoms. The fourth-order valence-electron chi connectivity index (χ4n) is 3.10. The number of ketones is 1. The Balaban J connectivity index is 2.20. The van der Waals surface area contributed by atoms with Crippen molar-refractivity contribution >= 4 is 17.5 Å². The quantitative estimate of drug-likeness (QED) is 0.762. The molecule has 0 fully saturated rings. The van der Waals surface area contributed by atoms with Crippen LogP contribution in [0.1, 0.15) is 36.7 Å². The summed E-state index contributed by atoms with van der Waals surface area (Å²) >= 11 is 0. The van der Waals surface area contributed by atoms with E-state index in [1.807, 2.05) is 57.1 Å². The van der Waals surface area contributed by atoms with Gasteiger partial charge in [0.1, 0.15) is 17.2 Å². The molecule has 4 nitrogen and oxygen atoms in total. The number of aliphatic imine (C=N–C) groups is 2. The van der Waals surface area contributed by atoms with E-state index >= 15 is 0 Å². The number of guanidine groups is 1. The van der Waals surface area contributed by atoms with Gasteiger partial charge >= 0.3 is 0 Å². The summed E-state index contributed by atoms with van der Waals surface area (Å²) < 4.78 is 13.7. The van der Waals surface area contributed by atoms with E-state index in [4.69, 9.17) is 0 Å². The Bertz CT molecular complexity index is 932. The number of carbonyl (C=O) groups is 1. The monoisotopic (exact) mass is 351 g/mol. The summed E-state index contributed by atoms with van der Waals surface area (Å²) in [6.45, 7) is 5.38. The van der Waals surface area contributed by atoms with Crippen LogP contribution in [0.25, 0.3) is 0 Å². The number of Topliss-reactive ketones (excluding diaryl/α,β-unsaturated/α-hetero) is 1. The summed E-state index contributed by atoms with van der Waals surface area (Å²) in [5.41, 5.74) is 4.06. The van der Waals surface area contributed by atoms with Crippen LogP contribution < -0.4 is 0 Å². The van der Waals surface area contributed by atoms with Crippen LogP contribution in [0.2, 0.25) is 0 Å². The molecule has 1 aromatic carbocycles. The third-order valence-electron chi connectivity index (χ3n) is 4.73. The third-order valence-corrected chi connectivity index (χ3v) is 4.73.